The zero-order chi connectivity index (χ0) is 10.6. The first-order valence-corrected chi connectivity index (χ1v) is 3.96. The van der Waals surface area contributed by atoms with Crippen LogP contribution in [0.4, 0.5) is 0 Å². The standard InChI is InChI=1S/C10H15NO2/c1-8(10(3,4)5)6-7-9(2)11(12)13/h6-7H,1-2H2,3-5H3/b7-6-. The Kier molecular flexibility index (Phi) is 3.60. The number of nitrogens with zero attached hydrogens (tertiary/aromatic N) is 1. The van der Waals surface area contributed by atoms with Crippen molar-refractivity contribution in [2.75, 3.05) is 0 Å². The molecule has 0 saturated carbocycles. The van der Waals surface area contributed by atoms with E-state index in [-0.39, 0.29) is 11.1 Å². The molecule has 0 bridgehead atoms. The van der Waals surface area contributed by atoms with Crippen LogP contribution >= 0.6 is 0 Å². The van der Waals surface area contributed by atoms with Crippen LogP contribution in [0.2, 0.25) is 0 Å². The topological polar surface area (TPSA) is 43.1 Å². The second kappa shape index (κ2) is 4.03. The zero-order valence-corrected chi connectivity index (χ0v) is 8.33. The highest BCUT2D eigenvalue weighted by Gasteiger charge is 2.12. The van der Waals surface area contributed by atoms with Crippen molar-refractivity contribution < 1.29 is 4.92 Å². The maximum absolute atomic E-state index is 10.2. The number of nitro groups is 1. The van der Waals surface area contributed by atoms with E-state index in [1.807, 2.05) is 20.8 Å². The van der Waals surface area contributed by atoms with Crippen molar-refractivity contribution in [3.8, 4) is 0 Å². The molecule has 0 atom stereocenters. The second-order valence-corrected chi connectivity index (χ2v) is 3.86. The molecule has 0 saturated heterocycles. The molecule has 0 aromatic heterocycles. The molecule has 0 spiro atoms. The van der Waals surface area contributed by atoms with Gasteiger partial charge in [-0.25, -0.2) is 0 Å². The summed E-state index contributed by atoms with van der Waals surface area (Å²) in [5.41, 5.74) is 0.661. The van der Waals surface area contributed by atoms with Gasteiger partial charge in [0.2, 0.25) is 0 Å². The van der Waals surface area contributed by atoms with Crippen molar-refractivity contribution in [3.63, 3.8) is 0 Å². The molecule has 0 radical (unpaired) electrons. The number of allylic oxidation sites excluding steroid dienone is 3. The van der Waals surface area contributed by atoms with Gasteiger partial charge in [0.25, 0.3) is 5.70 Å². The lowest BCUT2D eigenvalue weighted by atomic mass is 9.87. The Labute approximate surface area is 78.6 Å². The van der Waals surface area contributed by atoms with E-state index < -0.39 is 4.92 Å². The van der Waals surface area contributed by atoms with Gasteiger partial charge in [0.05, 0.1) is 4.92 Å². The molecule has 0 aromatic carbocycles. The van der Waals surface area contributed by atoms with Gasteiger partial charge in [-0.05, 0) is 17.6 Å². The molecular formula is C10H15NO2. The summed E-state index contributed by atoms with van der Waals surface area (Å²) in [5, 5.41) is 10.2. The fourth-order valence-electron chi connectivity index (χ4n) is 0.508. The van der Waals surface area contributed by atoms with E-state index >= 15 is 0 Å². The van der Waals surface area contributed by atoms with E-state index in [2.05, 4.69) is 13.2 Å². The van der Waals surface area contributed by atoms with Crippen LogP contribution in [-0.4, -0.2) is 4.92 Å². The minimum absolute atomic E-state index is 0.0621. The van der Waals surface area contributed by atoms with Crippen molar-refractivity contribution in [3.05, 3.63) is 46.7 Å². The highest BCUT2D eigenvalue weighted by atomic mass is 16.6. The highest BCUT2D eigenvalue weighted by Crippen LogP contribution is 2.24. The summed E-state index contributed by atoms with van der Waals surface area (Å²) in [6.45, 7) is 13.1. The third kappa shape index (κ3) is 4.25. The molecule has 0 fully saturated rings. The van der Waals surface area contributed by atoms with Crippen LogP contribution < -0.4 is 0 Å². The average molecular weight is 181 g/mol. The van der Waals surface area contributed by atoms with E-state index in [0.717, 1.165) is 5.57 Å². The molecule has 13 heavy (non-hydrogen) atoms. The number of rotatable bonds is 3. The highest BCUT2D eigenvalue weighted by molar-refractivity contribution is 5.25. The summed E-state index contributed by atoms with van der Waals surface area (Å²) in [4.78, 5) is 9.67. The lowest BCUT2D eigenvalue weighted by Gasteiger charge is -2.18. The van der Waals surface area contributed by atoms with Gasteiger partial charge in [0, 0.05) is 6.08 Å². The Bertz CT molecular complexity index is 269. The number of hydrogen-bond donors (Lipinski definition) is 0. The third-order valence-corrected chi connectivity index (χ3v) is 1.67. The van der Waals surface area contributed by atoms with Gasteiger partial charge in [-0.2, -0.15) is 0 Å². The van der Waals surface area contributed by atoms with Gasteiger partial charge < -0.3 is 0 Å². The van der Waals surface area contributed by atoms with Crippen LogP contribution in [0.1, 0.15) is 20.8 Å². The molecule has 0 rings (SSSR count). The average Bonchev–Trinajstić information content (AvgIpc) is 1.97. The minimum atomic E-state index is -0.521. The quantitative estimate of drug-likeness (QED) is 0.381. The Morgan fingerprint density at radius 1 is 1.31 bits per heavy atom. The smallest absolute Gasteiger partial charge is 0.258 e. The second-order valence-electron chi connectivity index (χ2n) is 3.86. The molecule has 0 amide bonds. The molecule has 72 valence electrons. The lowest BCUT2D eigenvalue weighted by molar-refractivity contribution is -0.418. The summed E-state index contributed by atoms with van der Waals surface area (Å²) in [7, 11) is 0. The van der Waals surface area contributed by atoms with Crippen molar-refractivity contribution in [1.29, 1.82) is 0 Å². The molecule has 0 aliphatic heterocycles. The Morgan fingerprint density at radius 3 is 2.08 bits per heavy atom. The van der Waals surface area contributed by atoms with E-state index in [4.69, 9.17) is 0 Å². The van der Waals surface area contributed by atoms with E-state index in [1.54, 1.807) is 6.08 Å². The third-order valence-electron chi connectivity index (χ3n) is 1.67. The minimum Gasteiger partial charge on any atom is -0.258 e. The van der Waals surface area contributed by atoms with Crippen molar-refractivity contribution in [2.45, 2.75) is 20.8 Å². The first-order chi connectivity index (χ1) is 5.75. The maximum atomic E-state index is 10.2. The largest absolute Gasteiger partial charge is 0.262 e. The van der Waals surface area contributed by atoms with Crippen molar-refractivity contribution in [2.24, 2.45) is 5.41 Å². The van der Waals surface area contributed by atoms with Crippen molar-refractivity contribution in [1.82, 2.24) is 0 Å². The Balaban J connectivity index is 4.39. The van der Waals surface area contributed by atoms with Crippen LogP contribution in [0, 0.1) is 15.5 Å². The normalized spacial score (nSPS) is 11.6. The van der Waals surface area contributed by atoms with E-state index in [0.29, 0.717) is 0 Å². The van der Waals surface area contributed by atoms with Gasteiger partial charge in [-0.1, -0.05) is 33.4 Å². The van der Waals surface area contributed by atoms with Crippen LogP contribution in [-0.2, 0) is 0 Å². The summed E-state index contributed by atoms with van der Waals surface area (Å²) in [6, 6.07) is 0. The SMILES string of the molecule is C=C(/C=C\C(=C)C(C)(C)C)[N+](=O)[O-]. The first kappa shape index (κ1) is 11.6. The van der Waals surface area contributed by atoms with Gasteiger partial charge in [-0.3, -0.25) is 10.1 Å². The molecule has 0 aliphatic rings. The zero-order valence-electron chi connectivity index (χ0n) is 8.33. The Morgan fingerprint density at radius 2 is 1.77 bits per heavy atom. The molecule has 0 unspecified atom stereocenters. The van der Waals surface area contributed by atoms with E-state index in [1.165, 1.54) is 6.08 Å². The van der Waals surface area contributed by atoms with Gasteiger partial charge in [0.1, 0.15) is 0 Å². The number of hydrogen-bond acceptors (Lipinski definition) is 2. The molecule has 0 aliphatic carbocycles. The summed E-state index contributed by atoms with van der Waals surface area (Å²) >= 11 is 0. The summed E-state index contributed by atoms with van der Waals surface area (Å²) in [6.07, 6.45) is 3.00. The van der Waals surface area contributed by atoms with Gasteiger partial charge in [-0.15, -0.1) is 0 Å². The summed E-state index contributed by atoms with van der Waals surface area (Å²) in [5.74, 6) is 0. The molecule has 3 nitrogen and oxygen atoms in total. The fraction of sp³-hybridized carbons (Fsp3) is 0.400. The Hall–Kier alpha value is -1.38. The fourth-order valence-corrected chi connectivity index (χ4v) is 0.508. The van der Waals surface area contributed by atoms with Crippen LogP contribution in [0.25, 0.3) is 0 Å². The van der Waals surface area contributed by atoms with Crippen LogP contribution in [0.5, 0.6) is 0 Å². The lowest BCUT2D eigenvalue weighted by Crippen LogP contribution is -2.06. The van der Waals surface area contributed by atoms with Gasteiger partial charge >= 0.3 is 0 Å². The predicted octanol–water partition coefficient (Wildman–Crippen LogP) is 2.94. The van der Waals surface area contributed by atoms with E-state index in [9.17, 15) is 10.1 Å². The maximum Gasteiger partial charge on any atom is 0.262 e. The predicted molar refractivity (Wildman–Crippen MR) is 53.9 cm³/mol. The molecule has 0 heterocycles. The molecule has 0 N–H and O–H groups in total. The molecule has 0 aromatic rings. The molecular weight excluding hydrogens is 166 g/mol. The summed E-state index contributed by atoms with van der Waals surface area (Å²) < 4.78 is 0. The van der Waals surface area contributed by atoms with Crippen molar-refractivity contribution >= 4 is 0 Å². The van der Waals surface area contributed by atoms with Crippen LogP contribution in [0.15, 0.2) is 36.6 Å². The monoisotopic (exact) mass is 181 g/mol. The molecule has 3 heteroatoms. The first-order valence-electron chi connectivity index (χ1n) is 3.96. The van der Waals surface area contributed by atoms with Gasteiger partial charge in [0.15, 0.2) is 0 Å². The van der Waals surface area contributed by atoms with Crippen LogP contribution in [0.3, 0.4) is 0 Å².